The van der Waals surface area contributed by atoms with Crippen LogP contribution in [0.25, 0.3) is 0 Å². The monoisotopic (exact) mass is 261 g/mol. The first kappa shape index (κ1) is 12.6. The molecule has 2 aliphatic rings. The number of amides is 1. The van der Waals surface area contributed by atoms with Gasteiger partial charge in [0.1, 0.15) is 6.10 Å². The Hall–Kier alpha value is -1.39. The van der Waals surface area contributed by atoms with Gasteiger partial charge in [-0.25, -0.2) is 0 Å². The van der Waals surface area contributed by atoms with Gasteiger partial charge in [0, 0.05) is 24.4 Å². The van der Waals surface area contributed by atoms with Gasteiger partial charge < -0.3 is 14.7 Å². The first-order valence-electron chi connectivity index (χ1n) is 6.97. The zero-order chi connectivity index (χ0) is 13.2. The molecule has 0 radical (unpaired) electrons. The third kappa shape index (κ3) is 2.38. The maximum Gasteiger partial charge on any atom is 0.256 e. The van der Waals surface area contributed by atoms with E-state index in [1.807, 2.05) is 24.3 Å². The van der Waals surface area contributed by atoms with Gasteiger partial charge in [0.15, 0.2) is 0 Å². The molecule has 0 aromatic heterocycles. The number of anilines is 1. The number of aliphatic hydroxyl groups excluding tert-OH is 1. The second kappa shape index (κ2) is 5.31. The summed E-state index contributed by atoms with van der Waals surface area (Å²) in [4.78, 5) is 14.3. The lowest BCUT2D eigenvalue weighted by Crippen LogP contribution is -2.39. The summed E-state index contributed by atoms with van der Waals surface area (Å²) in [5, 5.41) is 10.1. The van der Waals surface area contributed by atoms with Crippen molar-refractivity contribution in [1.29, 1.82) is 0 Å². The summed E-state index contributed by atoms with van der Waals surface area (Å²) in [7, 11) is 0. The average molecular weight is 261 g/mol. The minimum absolute atomic E-state index is 0.0408. The van der Waals surface area contributed by atoms with Gasteiger partial charge in [-0.2, -0.15) is 0 Å². The molecule has 19 heavy (non-hydrogen) atoms. The maximum absolute atomic E-state index is 12.5. The van der Waals surface area contributed by atoms with Crippen LogP contribution < -0.4 is 4.90 Å². The van der Waals surface area contributed by atoms with E-state index < -0.39 is 6.10 Å². The summed E-state index contributed by atoms with van der Waals surface area (Å²) in [6.07, 6.45) is 2.50. The Balaban J connectivity index is 1.92. The normalized spacial score (nSPS) is 26.9. The quantitative estimate of drug-likeness (QED) is 0.841. The highest BCUT2D eigenvalue weighted by Gasteiger charge is 2.32. The first-order valence-corrected chi connectivity index (χ1v) is 6.97. The van der Waals surface area contributed by atoms with E-state index in [2.05, 4.69) is 0 Å². The highest BCUT2D eigenvalue weighted by atomic mass is 16.5. The van der Waals surface area contributed by atoms with Crippen LogP contribution in [0.15, 0.2) is 24.3 Å². The number of carbonyl (C=O) groups is 1. The summed E-state index contributed by atoms with van der Waals surface area (Å²) in [6, 6.07) is 7.63. The number of rotatable bonds is 1. The summed E-state index contributed by atoms with van der Waals surface area (Å²) >= 11 is 0. The fourth-order valence-electron chi connectivity index (χ4n) is 2.91. The molecule has 2 heterocycles. The summed E-state index contributed by atoms with van der Waals surface area (Å²) in [5.41, 5.74) is 1.69. The van der Waals surface area contributed by atoms with Crippen LogP contribution in [0.1, 0.15) is 37.4 Å². The van der Waals surface area contributed by atoms with Crippen molar-refractivity contribution in [2.75, 3.05) is 18.1 Å². The van der Waals surface area contributed by atoms with Crippen molar-refractivity contribution in [3.05, 3.63) is 29.8 Å². The van der Waals surface area contributed by atoms with Crippen LogP contribution >= 0.6 is 0 Å². The van der Waals surface area contributed by atoms with Crippen LogP contribution in [0.5, 0.6) is 0 Å². The van der Waals surface area contributed by atoms with Crippen molar-refractivity contribution in [2.24, 2.45) is 0 Å². The number of ether oxygens (including phenoxy) is 1. The van der Waals surface area contributed by atoms with Crippen molar-refractivity contribution in [3.8, 4) is 0 Å². The number of hydrogen-bond acceptors (Lipinski definition) is 3. The molecule has 1 aromatic rings. The number of aliphatic hydroxyl groups is 1. The van der Waals surface area contributed by atoms with Crippen LogP contribution in [0.4, 0.5) is 5.69 Å². The van der Waals surface area contributed by atoms with Gasteiger partial charge in [0.25, 0.3) is 5.91 Å². The topological polar surface area (TPSA) is 49.8 Å². The van der Waals surface area contributed by atoms with Crippen molar-refractivity contribution < 1.29 is 14.6 Å². The molecule has 1 fully saturated rings. The molecule has 0 saturated carbocycles. The minimum atomic E-state index is -0.474. The average Bonchev–Trinajstić information content (AvgIpc) is 2.91. The molecule has 2 unspecified atom stereocenters. The Morgan fingerprint density at radius 3 is 2.89 bits per heavy atom. The van der Waals surface area contributed by atoms with Crippen molar-refractivity contribution >= 4 is 11.6 Å². The molecule has 1 aromatic carbocycles. The Morgan fingerprint density at radius 1 is 1.26 bits per heavy atom. The molecule has 0 bridgehead atoms. The van der Waals surface area contributed by atoms with Crippen LogP contribution in [-0.2, 0) is 9.53 Å². The van der Waals surface area contributed by atoms with E-state index in [1.54, 1.807) is 4.90 Å². The van der Waals surface area contributed by atoms with E-state index >= 15 is 0 Å². The predicted molar refractivity (Wildman–Crippen MR) is 72.0 cm³/mol. The minimum Gasteiger partial charge on any atom is -0.388 e. The fourth-order valence-corrected chi connectivity index (χ4v) is 2.91. The van der Waals surface area contributed by atoms with Crippen LogP contribution in [0, 0.1) is 0 Å². The molecule has 1 N–H and O–H groups in total. The molecule has 1 saturated heterocycles. The lowest BCUT2D eigenvalue weighted by atomic mass is 10.0. The second-order valence-electron chi connectivity index (χ2n) is 5.21. The molecule has 102 valence electrons. The Labute approximate surface area is 113 Å². The zero-order valence-corrected chi connectivity index (χ0v) is 10.9. The highest BCUT2D eigenvalue weighted by Crippen LogP contribution is 2.33. The molecular weight excluding hydrogens is 242 g/mol. The van der Waals surface area contributed by atoms with E-state index in [4.69, 9.17) is 4.74 Å². The third-order valence-corrected chi connectivity index (χ3v) is 3.92. The van der Waals surface area contributed by atoms with E-state index in [9.17, 15) is 9.90 Å². The van der Waals surface area contributed by atoms with Crippen molar-refractivity contribution in [1.82, 2.24) is 0 Å². The summed E-state index contributed by atoms with van der Waals surface area (Å²) in [5.74, 6) is 0.0408. The highest BCUT2D eigenvalue weighted by molar-refractivity contribution is 5.97. The standard InChI is InChI=1S/C15H19NO3/c17-13-7-3-9-16(12-6-2-1-5-11(12)13)15(18)14-8-4-10-19-14/h1-2,5-6,13-14,17H,3-4,7-10H2. The van der Waals surface area contributed by atoms with Gasteiger partial charge in [-0.1, -0.05) is 18.2 Å². The van der Waals surface area contributed by atoms with Crippen LogP contribution in [-0.4, -0.2) is 30.3 Å². The molecule has 4 heteroatoms. The number of nitrogens with zero attached hydrogens (tertiary/aromatic N) is 1. The van der Waals surface area contributed by atoms with Crippen LogP contribution in [0.2, 0.25) is 0 Å². The number of hydrogen-bond donors (Lipinski definition) is 1. The van der Waals surface area contributed by atoms with E-state index in [0.29, 0.717) is 19.6 Å². The van der Waals surface area contributed by atoms with Crippen LogP contribution in [0.3, 0.4) is 0 Å². The number of benzene rings is 1. The first-order chi connectivity index (χ1) is 9.27. The molecule has 1 amide bonds. The number of fused-ring (bicyclic) bond motifs is 1. The van der Waals surface area contributed by atoms with Crippen molar-refractivity contribution in [3.63, 3.8) is 0 Å². The molecule has 2 atom stereocenters. The Kier molecular flexibility index (Phi) is 3.53. The zero-order valence-electron chi connectivity index (χ0n) is 10.9. The van der Waals surface area contributed by atoms with E-state index in [-0.39, 0.29) is 12.0 Å². The molecule has 2 aliphatic heterocycles. The maximum atomic E-state index is 12.5. The predicted octanol–water partition coefficient (Wildman–Crippen LogP) is 2.03. The van der Waals surface area contributed by atoms with Gasteiger partial charge in [-0.15, -0.1) is 0 Å². The summed E-state index contributed by atoms with van der Waals surface area (Å²) < 4.78 is 5.50. The largest absolute Gasteiger partial charge is 0.388 e. The van der Waals surface area contributed by atoms with E-state index in [0.717, 1.165) is 30.5 Å². The molecule has 3 rings (SSSR count). The molecular formula is C15H19NO3. The second-order valence-corrected chi connectivity index (χ2v) is 5.21. The van der Waals surface area contributed by atoms with Gasteiger partial charge in [-0.3, -0.25) is 4.79 Å². The third-order valence-electron chi connectivity index (χ3n) is 3.92. The van der Waals surface area contributed by atoms with Gasteiger partial charge in [0.05, 0.1) is 6.10 Å². The molecule has 0 aliphatic carbocycles. The number of para-hydroxylation sites is 1. The fraction of sp³-hybridized carbons (Fsp3) is 0.533. The van der Waals surface area contributed by atoms with E-state index in [1.165, 1.54) is 0 Å². The SMILES string of the molecule is O=C(C1CCCO1)N1CCCC(O)c2ccccc21. The Bertz CT molecular complexity index is 468. The Morgan fingerprint density at radius 2 is 2.11 bits per heavy atom. The van der Waals surface area contributed by atoms with Crippen molar-refractivity contribution in [2.45, 2.75) is 37.9 Å². The smallest absolute Gasteiger partial charge is 0.256 e. The lowest BCUT2D eigenvalue weighted by Gasteiger charge is -2.25. The van der Waals surface area contributed by atoms with Gasteiger partial charge in [-0.05, 0) is 31.7 Å². The lowest BCUT2D eigenvalue weighted by molar-refractivity contribution is -0.127. The van der Waals surface area contributed by atoms with Gasteiger partial charge in [0.2, 0.25) is 0 Å². The molecule has 0 spiro atoms. The number of carbonyl (C=O) groups excluding carboxylic acids is 1. The van der Waals surface area contributed by atoms with Gasteiger partial charge >= 0.3 is 0 Å². The molecule has 4 nitrogen and oxygen atoms in total. The summed E-state index contributed by atoms with van der Waals surface area (Å²) in [6.45, 7) is 1.33.